The lowest BCUT2D eigenvalue weighted by Crippen LogP contribution is -2.04. The van der Waals surface area contributed by atoms with Crippen molar-refractivity contribution < 1.29 is 13.2 Å². The molecule has 0 amide bonds. The zero-order chi connectivity index (χ0) is 14.1. The zero-order valence-corrected chi connectivity index (χ0v) is 10.4. The van der Waals surface area contributed by atoms with Crippen LogP contribution in [0.3, 0.4) is 0 Å². The number of rotatable bonds is 3. The number of aromatic nitrogens is 1. The molecule has 20 heavy (non-hydrogen) atoms. The Morgan fingerprint density at radius 2 is 1.70 bits per heavy atom. The van der Waals surface area contributed by atoms with Crippen LogP contribution in [0, 0.1) is 17.5 Å². The minimum atomic E-state index is -0.942. The van der Waals surface area contributed by atoms with E-state index in [1.165, 1.54) is 0 Å². The van der Waals surface area contributed by atoms with Crippen molar-refractivity contribution in [2.24, 2.45) is 0 Å². The summed E-state index contributed by atoms with van der Waals surface area (Å²) in [5, 5.41) is 3.64. The van der Waals surface area contributed by atoms with E-state index in [0.717, 1.165) is 16.5 Å². The fourth-order valence-electron chi connectivity index (χ4n) is 2.17. The predicted molar refractivity (Wildman–Crippen MR) is 71.9 cm³/mol. The van der Waals surface area contributed by atoms with E-state index in [0.29, 0.717) is 12.1 Å². The first-order valence-electron chi connectivity index (χ1n) is 6.08. The maximum Gasteiger partial charge on any atom is 0.152 e. The average molecular weight is 276 g/mol. The molecule has 2 nitrogen and oxygen atoms in total. The third-order valence-electron chi connectivity index (χ3n) is 3.14. The number of hydrogen-bond acceptors (Lipinski definition) is 1. The fraction of sp³-hybridized carbons (Fsp3) is 0.0667. The number of anilines is 1. The molecule has 0 saturated heterocycles. The zero-order valence-electron chi connectivity index (χ0n) is 10.4. The van der Waals surface area contributed by atoms with E-state index in [-0.39, 0.29) is 12.2 Å². The summed E-state index contributed by atoms with van der Waals surface area (Å²) >= 11 is 0. The molecule has 0 fully saturated rings. The first-order chi connectivity index (χ1) is 9.65. The van der Waals surface area contributed by atoms with E-state index in [4.69, 9.17) is 0 Å². The standard InChI is InChI=1S/C15H11F3N2/c16-10-5-12(17)15(13(18)6-10)20-8-9-7-19-14-4-2-1-3-11(9)14/h1-7,19-20H,8H2. The molecule has 2 aromatic carbocycles. The highest BCUT2D eigenvalue weighted by Gasteiger charge is 2.11. The number of halogens is 3. The molecule has 0 atom stereocenters. The SMILES string of the molecule is Fc1cc(F)c(NCc2c[nH]c3ccccc23)c(F)c1. The second-order valence-corrected chi connectivity index (χ2v) is 4.46. The number of benzene rings is 2. The van der Waals surface area contributed by atoms with Crippen molar-refractivity contribution in [3.05, 3.63) is 65.6 Å². The molecule has 102 valence electrons. The maximum absolute atomic E-state index is 13.5. The Kier molecular flexibility index (Phi) is 3.10. The maximum atomic E-state index is 13.5. The van der Waals surface area contributed by atoms with Crippen LogP contribution in [0.15, 0.2) is 42.6 Å². The first kappa shape index (κ1) is 12.6. The molecule has 1 heterocycles. The van der Waals surface area contributed by atoms with Crippen molar-refractivity contribution in [2.45, 2.75) is 6.54 Å². The van der Waals surface area contributed by atoms with Gasteiger partial charge < -0.3 is 10.3 Å². The van der Waals surface area contributed by atoms with Gasteiger partial charge in [-0.1, -0.05) is 18.2 Å². The Labute approximate surface area is 113 Å². The van der Waals surface area contributed by atoms with Gasteiger partial charge in [0.2, 0.25) is 0 Å². The van der Waals surface area contributed by atoms with Crippen molar-refractivity contribution in [2.75, 3.05) is 5.32 Å². The largest absolute Gasteiger partial charge is 0.376 e. The Morgan fingerprint density at radius 1 is 1.00 bits per heavy atom. The summed E-state index contributed by atoms with van der Waals surface area (Å²) in [5.74, 6) is -2.82. The summed E-state index contributed by atoms with van der Waals surface area (Å²) in [7, 11) is 0. The average Bonchev–Trinajstić information content (AvgIpc) is 2.81. The third kappa shape index (κ3) is 2.22. The molecule has 0 spiro atoms. The van der Waals surface area contributed by atoms with E-state index in [1.54, 1.807) is 6.20 Å². The van der Waals surface area contributed by atoms with Crippen LogP contribution in [0.4, 0.5) is 18.9 Å². The molecule has 0 aliphatic rings. The van der Waals surface area contributed by atoms with Crippen molar-refractivity contribution >= 4 is 16.6 Å². The molecular weight excluding hydrogens is 265 g/mol. The molecule has 0 aliphatic carbocycles. The van der Waals surface area contributed by atoms with Gasteiger partial charge in [-0.3, -0.25) is 0 Å². The summed E-state index contributed by atoms with van der Waals surface area (Å²) < 4.78 is 39.8. The van der Waals surface area contributed by atoms with Crippen molar-refractivity contribution in [3.8, 4) is 0 Å². The second kappa shape index (κ2) is 4.92. The van der Waals surface area contributed by atoms with Crippen LogP contribution in [-0.4, -0.2) is 4.98 Å². The van der Waals surface area contributed by atoms with Crippen LogP contribution < -0.4 is 5.32 Å². The Balaban J connectivity index is 1.87. The summed E-state index contributed by atoms with van der Waals surface area (Å²) in [6.07, 6.45) is 1.77. The van der Waals surface area contributed by atoms with Gasteiger partial charge in [0.1, 0.15) is 11.5 Å². The number of hydrogen-bond donors (Lipinski definition) is 2. The van der Waals surface area contributed by atoms with Gasteiger partial charge >= 0.3 is 0 Å². The molecule has 3 rings (SSSR count). The van der Waals surface area contributed by atoms with E-state index >= 15 is 0 Å². The van der Waals surface area contributed by atoms with Crippen LogP contribution in [0.2, 0.25) is 0 Å². The van der Waals surface area contributed by atoms with Crippen LogP contribution in [-0.2, 0) is 6.54 Å². The molecule has 0 bridgehead atoms. The predicted octanol–water partition coefficient (Wildman–Crippen LogP) is 4.20. The smallest absolute Gasteiger partial charge is 0.152 e. The van der Waals surface area contributed by atoms with Gasteiger partial charge in [0.05, 0.1) is 0 Å². The molecule has 0 radical (unpaired) electrons. The monoisotopic (exact) mass is 276 g/mol. The van der Waals surface area contributed by atoms with Gasteiger partial charge in [0.25, 0.3) is 0 Å². The molecule has 5 heteroatoms. The molecular formula is C15H11F3N2. The summed E-state index contributed by atoms with van der Waals surface area (Å²) in [5.41, 5.74) is 1.50. The van der Waals surface area contributed by atoms with Gasteiger partial charge in [0.15, 0.2) is 11.6 Å². The van der Waals surface area contributed by atoms with Crippen LogP contribution in [0.1, 0.15) is 5.56 Å². The number of nitrogens with one attached hydrogen (secondary N) is 2. The normalized spacial score (nSPS) is 10.9. The highest BCUT2D eigenvalue weighted by atomic mass is 19.1. The van der Waals surface area contributed by atoms with Gasteiger partial charge in [-0.2, -0.15) is 0 Å². The highest BCUT2D eigenvalue weighted by molar-refractivity contribution is 5.83. The first-order valence-corrected chi connectivity index (χ1v) is 6.08. The van der Waals surface area contributed by atoms with Crippen LogP contribution in [0.25, 0.3) is 10.9 Å². The minimum Gasteiger partial charge on any atom is -0.376 e. The second-order valence-electron chi connectivity index (χ2n) is 4.46. The molecule has 1 aromatic heterocycles. The van der Waals surface area contributed by atoms with E-state index in [2.05, 4.69) is 10.3 Å². The lowest BCUT2D eigenvalue weighted by Gasteiger charge is -2.08. The Bertz CT molecular complexity index is 742. The Morgan fingerprint density at radius 3 is 2.45 bits per heavy atom. The number of H-pyrrole nitrogens is 1. The topological polar surface area (TPSA) is 27.8 Å². The van der Waals surface area contributed by atoms with Gasteiger partial charge in [0, 0.05) is 35.8 Å². The summed E-state index contributed by atoms with van der Waals surface area (Å²) in [6.45, 7) is 0.240. The lowest BCUT2D eigenvalue weighted by molar-refractivity contribution is 0.547. The van der Waals surface area contributed by atoms with Gasteiger partial charge in [-0.25, -0.2) is 13.2 Å². The number of aromatic amines is 1. The van der Waals surface area contributed by atoms with Crippen molar-refractivity contribution in [1.29, 1.82) is 0 Å². The minimum absolute atomic E-state index is 0.240. The van der Waals surface area contributed by atoms with Gasteiger partial charge in [-0.05, 0) is 11.6 Å². The fourth-order valence-corrected chi connectivity index (χ4v) is 2.17. The molecule has 2 N–H and O–H groups in total. The van der Waals surface area contributed by atoms with E-state index in [1.807, 2.05) is 24.3 Å². The number of para-hydroxylation sites is 1. The summed E-state index contributed by atoms with van der Waals surface area (Å²) in [4.78, 5) is 3.08. The van der Waals surface area contributed by atoms with Crippen LogP contribution in [0.5, 0.6) is 0 Å². The molecule has 0 saturated carbocycles. The van der Waals surface area contributed by atoms with Crippen molar-refractivity contribution in [1.82, 2.24) is 4.98 Å². The Hall–Kier alpha value is -2.43. The lowest BCUT2D eigenvalue weighted by atomic mass is 10.1. The van der Waals surface area contributed by atoms with E-state index in [9.17, 15) is 13.2 Å². The number of fused-ring (bicyclic) bond motifs is 1. The van der Waals surface area contributed by atoms with Crippen LogP contribution >= 0.6 is 0 Å². The quantitative estimate of drug-likeness (QED) is 0.737. The molecule has 3 aromatic rings. The highest BCUT2D eigenvalue weighted by Crippen LogP contribution is 2.23. The molecule has 0 aliphatic heterocycles. The van der Waals surface area contributed by atoms with Crippen molar-refractivity contribution in [3.63, 3.8) is 0 Å². The van der Waals surface area contributed by atoms with E-state index < -0.39 is 17.5 Å². The summed E-state index contributed by atoms with van der Waals surface area (Å²) in [6, 6.07) is 8.92. The van der Waals surface area contributed by atoms with Gasteiger partial charge in [-0.15, -0.1) is 0 Å². The third-order valence-corrected chi connectivity index (χ3v) is 3.14. The molecule has 0 unspecified atom stereocenters.